The zero-order valence-corrected chi connectivity index (χ0v) is 15.6. The molecule has 1 spiro atoms. The maximum Gasteiger partial charge on any atom is 0.248 e. The van der Waals surface area contributed by atoms with Crippen LogP contribution in [0.2, 0.25) is 0 Å². The third-order valence-corrected chi connectivity index (χ3v) is 5.90. The zero-order valence-electron chi connectivity index (χ0n) is 15.6. The topological polar surface area (TPSA) is 73.6 Å². The Kier molecular flexibility index (Phi) is 4.89. The summed E-state index contributed by atoms with van der Waals surface area (Å²) >= 11 is 0. The minimum Gasteiger partial charge on any atom is -0.496 e. The van der Waals surface area contributed by atoms with Crippen molar-refractivity contribution in [2.45, 2.75) is 36.8 Å². The predicted molar refractivity (Wildman–Crippen MR) is 104 cm³/mol. The van der Waals surface area contributed by atoms with Gasteiger partial charge in [0.25, 0.3) is 0 Å². The van der Waals surface area contributed by atoms with Crippen LogP contribution in [-0.2, 0) is 4.74 Å². The molecule has 0 radical (unpaired) electrons. The van der Waals surface area contributed by atoms with Crippen molar-refractivity contribution in [3.05, 3.63) is 65.2 Å². The lowest BCUT2D eigenvalue weighted by Crippen LogP contribution is -2.48. The number of primary amides is 1. The van der Waals surface area contributed by atoms with Gasteiger partial charge in [0.05, 0.1) is 25.4 Å². The summed E-state index contributed by atoms with van der Waals surface area (Å²) in [7, 11) is 1.66. The largest absolute Gasteiger partial charge is 0.496 e. The van der Waals surface area contributed by atoms with Crippen LogP contribution in [0, 0.1) is 0 Å². The fraction of sp³-hybridized carbons (Fsp3) is 0.409. The molecule has 2 fully saturated rings. The highest BCUT2D eigenvalue weighted by Crippen LogP contribution is 2.49. The van der Waals surface area contributed by atoms with Gasteiger partial charge in [0.15, 0.2) is 0 Å². The van der Waals surface area contributed by atoms with Crippen LogP contribution in [0.25, 0.3) is 0 Å². The van der Waals surface area contributed by atoms with E-state index in [0.717, 1.165) is 37.1 Å². The van der Waals surface area contributed by atoms with Crippen LogP contribution in [0.1, 0.15) is 52.7 Å². The molecule has 27 heavy (non-hydrogen) atoms. The maximum absolute atomic E-state index is 11.6. The summed E-state index contributed by atoms with van der Waals surface area (Å²) in [6, 6.07) is 16.1. The number of hydrogen-bond donors (Lipinski definition) is 2. The lowest BCUT2D eigenvalue weighted by Gasteiger charge is -2.41. The second-order valence-electron chi connectivity index (χ2n) is 7.50. The van der Waals surface area contributed by atoms with Gasteiger partial charge in [-0.15, -0.1) is 0 Å². The summed E-state index contributed by atoms with van der Waals surface area (Å²) in [4.78, 5) is 11.6. The molecule has 0 bridgehead atoms. The Morgan fingerprint density at radius 1 is 1.26 bits per heavy atom. The summed E-state index contributed by atoms with van der Waals surface area (Å²) in [5.41, 5.74) is 8.02. The van der Waals surface area contributed by atoms with Gasteiger partial charge in [-0.25, -0.2) is 0 Å². The van der Waals surface area contributed by atoms with Crippen LogP contribution in [0.4, 0.5) is 0 Å². The molecular weight excluding hydrogens is 340 g/mol. The molecule has 3 atom stereocenters. The van der Waals surface area contributed by atoms with Gasteiger partial charge in [-0.3, -0.25) is 4.79 Å². The first kappa shape index (κ1) is 18.0. The van der Waals surface area contributed by atoms with Crippen molar-refractivity contribution in [3.63, 3.8) is 0 Å². The van der Waals surface area contributed by atoms with Crippen molar-refractivity contribution in [3.8, 4) is 5.75 Å². The predicted octanol–water partition coefficient (Wildman–Crippen LogP) is 3.16. The first-order chi connectivity index (χ1) is 13.1. The van der Waals surface area contributed by atoms with Crippen LogP contribution in [0.15, 0.2) is 48.5 Å². The van der Waals surface area contributed by atoms with E-state index >= 15 is 0 Å². The molecule has 0 aliphatic carbocycles. The average Bonchev–Trinajstić information content (AvgIpc) is 3.12. The Bertz CT molecular complexity index is 824. The monoisotopic (exact) mass is 366 g/mol. The summed E-state index contributed by atoms with van der Waals surface area (Å²) in [5.74, 6) is 0.532. The summed E-state index contributed by atoms with van der Waals surface area (Å²) < 4.78 is 12.0. The molecule has 2 heterocycles. The number of methoxy groups -OCH3 is 1. The fourth-order valence-electron chi connectivity index (χ4n) is 4.61. The van der Waals surface area contributed by atoms with E-state index in [1.165, 1.54) is 5.56 Å². The van der Waals surface area contributed by atoms with Gasteiger partial charge in [0.1, 0.15) is 5.75 Å². The molecule has 3 N–H and O–H groups in total. The molecule has 2 aromatic carbocycles. The third-order valence-electron chi connectivity index (χ3n) is 5.90. The SMILES string of the molecule is COc1ccc(C(N)=O)cc1[C@H]1CO[C@]2(CCCN[C@H]2c2ccccc2)C1. The van der Waals surface area contributed by atoms with Gasteiger partial charge < -0.3 is 20.5 Å². The number of nitrogens with one attached hydrogen (secondary N) is 1. The van der Waals surface area contributed by atoms with Gasteiger partial charge >= 0.3 is 0 Å². The number of benzene rings is 2. The van der Waals surface area contributed by atoms with E-state index in [1.807, 2.05) is 18.2 Å². The number of carbonyl (C=O) groups is 1. The molecule has 4 rings (SSSR count). The highest BCUT2D eigenvalue weighted by Gasteiger charge is 2.49. The summed E-state index contributed by atoms with van der Waals surface area (Å²) in [6.45, 7) is 1.61. The van der Waals surface area contributed by atoms with E-state index in [9.17, 15) is 4.79 Å². The molecule has 1 amide bonds. The Morgan fingerprint density at radius 3 is 2.81 bits per heavy atom. The smallest absolute Gasteiger partial charge is 0.248 e. The molecular formula is C22H26N2O3. The normalized spacial score (nSPS) is 27.6. The third kappa shape index (κ3) is 3.33. The minimum atomic E-state index is -0.422. The highest BCUT2D eigenvalue weighted by atomic mass is 16.5. The van der Waals surface area contributed by atoms with E-state index in [0.29, 0.717) is 12.2 Å². The molecule has 2 aliphatic heterocycles. The number of rotatable bonds is 4. The zero-order chi connectivity index (χ0) is 18.9. The lowest BCUT2D eigenvalue weighted by molar-refractivity contribution is -0.0484. The number of nitrogens with two attached hydrogens (primary N) is 1. The van der Waals surface area contributed by atoms with E-state index in [2.05, 4.69) is 29.6 Å². The fourth-order valence-corrected chi connectivity index (χ4v) is 4.61. The van der Waals surface area contributed by atoms with Crippen LogP contribution >= 0.6 is 0 Å². The Hall–Kier alpha value is -2.37. The summed E-state index contributed by atoms with van der Waals surface area (Å²) in [6.07, 6.45) is 3.00. The van der Waals surface area contributed by atoms with Crippen molar-refractivity contribution in [2.75, 3.05) is 20.3 Å². The number of piperidine rings is 1. The highest BCUT2D eigenvalue weighted by molar-refractivity contribution is 5.93. The number of ether oxygens (including phenoxy) is 2. The lowest BCUT2D eigenvalue weighted by atomic mass is 9.76. The van der Waals surface area contributed by atoms with Gasteiger partial charge in [-0.1, -0.05) is 30.3 Å². The van der Waals surface area contributed by atoms with Gasteiger partial charge in [-0.05, 0) is 49.6 Å². The van der Waals surface area contributed by atoms with E-state index in [-0.39, 0.29) is 17.6 Å². The first-order valence-electron chi connectivity index (χ1n) is 9.53. The first-order valence-corrected chi connectivity index (χ1v) is 9.53. The van der Waals surface area contributed by atoms with Crippen molar-refractivity contribution < 1.29 is 14.3 Å². The van der Waals surface area contributed by atoms with Crippen molar-refractivity contribution in [1.82, 2.24) is 5.32 Å². The van der Waals surface area contributed by atoms with E-state index in [1.54, 1.807) is 13.2 Å². The molecule has 2 aliphatic rings. The molecule has 2 aromatic rings. The van der Waals surface area contributed by atoms with Crippen LogP contribution < -0.4 is 15.8 Å². The molecule has 142 valence electrons. The molecule has 0 saturated carbocycles. The number of carbonyl (C=O) groups excluding carboxylic acids is 1. The number of amides is 1. The van der Waals surface area contributed by atoms with E-state index < -0.39 is 5.91 Å². The quantitative estimate of drug-likeness (QED) is 0.872. The Morgan fingerprint density at radius 2 is 2.07 bits per heavy atom. The van der Waals surface area contributed by atoms with E-state index in [4.69, 9.17) is 15.2 Å². The minimum absolute atomic E-state index is 0.169. The second kappa shape index (κ2) is 7.33. The second-order valence-corrected chi connectivity index (χ2v) is 7.50. The maximum atomic E-state index is 11.6. The number of hydrogen-bond acceptors (Lipinski definition) is 4. The van der Waals surface area contributed by atoms with Gasteiger partial charge in [-0.2, -0.15) is 0 Å². The van der Waals surface area contributed by atoms with Crippen LogP contribution in [0.5, 0.6) is 5.75 Å². The molecule has 2 saturated heterocycles. The molecule has 5 heteroatoms. The van der Waals surface area contributed by atoms with Crippen molar-refractivity contribution in [1.29, 1.82) is 0 Å². The standard InChI is InChI=1S/C22H26N2O3/c1-26-19-9-8-16(21(23)25)12-18(19)17-13-22(27-14-17)10-5-11-24-20(22)15-6-3-2-4-7-15/h2-4,6-9,12,17,20,24H,5,10-11,13-14H2,1H3,(H2,23,25)/t17-,20+,22-/m1/s1. The average molecular weight is 366 g/mol. The molecule has 0 unspecified atom stereocenters. The van der Waals surface area contributed by atoms with Crippen LogP contribution in [0.3, 0.4) is 0 Å². The van der Waals surface area contributed by atoms with Gasteiger partial charge in [0.2, 0.25) is 5.91 Å². The Balaban J connectivity index is 1.66. The summed E-state index contributed by atoms with van der Waals surface area (Å²) in [5, 5.41) is 3.67. The Labute approximate surface area is 159 Å². The van der Waals surface area contributed by atoms with Gasteiger partial charge in [0, 0.05) is 17.0 Å². The van der Waals surface area contributed by atoms with Crippen LogP contribution in [-0.4, -0.2) is 31.8 Å². The van der Waals surface area contributed by atoms with Crippen molar-refractivity contribution >= 4 is 5.91 Å². The van der Waals surface area contributed by atoms with Crippen molar-refractivity contribution in [2.24, 2.45) is 5.73 Å². The molecule has 0 aromatic heterocycles. The molecule has 5 nitrogen and oxygen atoms in total.